The van der Waals surface area contributed by atoms with Gasteiger partial charge in [0.25, 0.3) is 5.91 Å². The first kappa shape index (κ1) is 24.6. The molecule has 0 aliphatic heterocycles. The van der Waals surface area contributed by atoms with Gasteiger partial charge >= 0.3 is 0 Å². The van der Waals surface area contributed by atoms with Crippen LogP contribution >= 0.6 is 22.7 Å². The van der Waals surface area contributed by atoms with Gasteiger partial charge in [0.05, 0.1) is 4.88 Å². The van der Waals surface area contributed by atoms with E-state index in [-0.39, 0.29) is 17.7 Å². The molecule has 3 heterocycles. The fraction of sp³-hybridized carbons (Fsp3) is 0.280. The molecule has 4 aromatic rings. The molecule has 0 atom stereocenters. The molecule has 0 fully saturated rings. The minimum atomic E-state index is -0.118. The number of rotatable bonds is 11. The summed E-state index contributed by atoms with van der Waals surface area (Å²) in [4.78, 5) is 43.1. The molecule has 1 aromatic carbocycles. The van der Waals surface area contributed by atoms with Gasteiger partial charge in [-0.25, -0.2) is 4.98 Å². The molecule has 10 heteroatoms. The highest BCUT2D eigenvalue weighted by molar-refractivity contribution is 7.14. The minimum Gasteiger partial charge on any atom is -0.454 e. The van der Waals surface area contributed by atoms with Gasteiger partial charge in [0.1, 0.15) is 11.3 Å². The maximum absolute atomic E-state index is 13.2. The predicted octanol–water partition coefficient (Wildman–Crippen LogP) is 4.69. The first-order valence-electron chi connectivity index (χ1n) is 11.3. The zero-order chi connectivity index (χ0) is 24.6. The van der Waals surface area contributed by atoms with E-state index < -0.39 is 0 Å². The number of aromatic nitrogens is 1. The number of nitrogens with one attached hydrogen (secondary N) is 2. The summed E-state index contributed by atoms with van der Waals surface area (Å²) in [6, 6.07) is 13.4. The first-order chi connectivity index (χ1) is 17.0. The van der Waals surface area contributed by atoms with Gasteiger partial charge in [-0.15, -0.1) is 22.7 Å². The van der Waals surface area contributed by atoms with Gasteiger partial charge in [-0.1, -0.05) is 24.3 Å². The standard InChI is InChI=1S/C25H26N4O4S2/c1-17(30)26-11-4-10-23(31)27-12-6-13-29(24(32)22-9-5-14-34-22)25-28-19(16-35-25)21-15-18-7-2-3-8-20(18)33-21/h2-3,5,7-9,14-16H,4,6,10-13H2,1H3,(H,26,30)(H,27,31). The Morgan fingerprint density at radius 1 is 1.03 bits per heavy atom. The van der Waals surface area contributed by atoms with E-state index in [9.17, 15) is 14.4 Å². The number of thiophene rings is 1. The number of thiazole rings is 1. The Morgan fingerprint density at radius 2 is 1.86 bits per heavy atom. The van der Waals surface area contributed by atoms with Crippen molar-refractivity contribution in [1.82, 2.24) is 15.6 Å². The predicted molar refractivity (Wildman–Crippen MR) is 139 cm³/mol. The highest BCUT2D eigenvalue weighted by Crippen LogP contribution is 2.32. The highest BCUT2D eigenvalue weighted by Gasteiger charge is 2.22. The fourth-order valence-corrected chi connectivity index (χ4v) is 5.00. The molecule has 4 rings (SSSR count). The Balaban J connectivity index is 1.39. The number of hydrogen-bond acceptors (Lipinski definition) is 7. The number of fused-ring (bicyclic) bond motifs is 1. The molecule has 2 N–H and O–H groups in total. The van der Waals surface area contributed by atoms with Gasteiger partial charge in [0, 0.05) is 43.7 Å². The van der Waals surface area contributed by atoms with Crippen molar-refractivity contribution in [3.63, 3.8) is 0 Å². The summed E-state index contributed by atoms with van der Waals surface area (Å²) in [6.07, 6.45) is 1.50. The van der Waals surface area contributed by atoms with Crippen molar-refractivity contribution in [2.24, 2.45) is 0 Å². The van der Waals surface area contributed by atoms with Crippen molar-refractivity contribution >= 4 is 56.5 Å². The number of benzene rings is 1. The number of para-hydroxylation sites is 1. The number of hydrogen-bond donors (Lipinski definition) is 2. The second-order valence-corrected chi connectivity index (χ2v) is 9.67. The average molecular weight is 511 g/mol. The summed E-state index contributed by atoms with van der Waals surface area (Å²) in [5.41, 5.74) is 1.47. The lowest BCUT2D eigenvalue weighted by molar-refractivity contribution is -0.122. The van der Waals surface area contributed by atoms with Crippen LogP contribution in [0.5, 0.6) is 0 Å². The van der Waals surface area contributed by atoms with E-state index in [0.717, 1.165) is 11.0 Å². The lowest BCUT2D eigenvalue weighted by Gasteiger charge is -2.19. The average Bonchev–Trinajstić information content (AvgIpc) is 3.61. The molecule has 8 nitrogen and oxygen atoms in total. The van der Waals surface area contributed by atoms with Crippen molar-refractivity contribution in [2.75, 3.05) is 24.5 Å². The third kappa shape index (κ3) is 6.55. The molecule has 35 heavy (non-hydrogen) atoms. The summed E-state index contributed by atoms with van der Waals surface area (Å²) >= 11 is 2.77. The van der Waals surface area contributed by atoms with E-state index in [1.165, 1.54) is 29.6 Å². The lowest BCUT2D eigenvalue weighted by atomic mass is 10.2. The quantitative estimate of drug-likeness (QED) is 0.285. The summed E-state index contributed by atoms with van der Waals surface area (Å²) in [6.45, 7) is 2.78. The molecule has 3 amide bonds. The molecule has 0 radical (unpaired) electrons. The van der Waals surface area contributed by atoms with E-state index in [4.69, 9.17) is 9.40 Å². The normalized spacial score (nSPS) is 10.9. The second-order valence-electron chi connectivity index (χ2n) is 7.89. The third-order valence-corrected chi connectivity index (χ3v) is 6.93. The van der Waals surface area contributed by atoms with Crippen LogP contribution in [0.25, 0.3) is 22.4 Å². The van der Waals surface area contributed by atoms with E-state index in [1.54, 1.807) is 11.0 Å². The molecule has 0 spiro atoms. The van der Waals surface area contributed by atoms with E-state index >= 15 is 0 Å². The van der Waals surface area contributed by atoms with Crippen LogP contribution in [0.3, 0.4) is 0 Å². The number of carbonyl (C=O) groups is 3. The van der Waals surface area contributed by atoms with Crippen LogP contribution in [0.2, 0.25) is 0 Å². The van der Waals surface area contributed by atoms with Crippen LogP contribution in [0.15, 0.2) is 57.6 Å². The zero-order valence-corrected chi connectivity index (χ0v) is 20.9. The molecule has 0 saturated heterocycles. The number of furan rings is 1. The fourth-order valence-electron chi connectivity index (χ4n) is 3.49. The van der Waals surface area contributed by atoms with Gasteiger partial charge in [-0.05, 0) is 36.4 Å². The van der Waals surface area contributed by atoms with Crippen molar-refractivity contribution in [3.8, 4) is 11.5 Å². The Labute approximate surface area is 211 Å². The summed E-state index contributed by atoms with van der Waals surface area (Å²) in [5, 5.41) is 10.9. The smallest absolute Gasteiger partial charge is 0.270 e. The maximum atomic E-state index is 13.2. The van der Waals surface area contributed by atoms with Crippen molar-refractivity contribution in [1.29, 1.82) is 0 Å². The largest absolute Gasteiger partial charge is 0.454 e. The van der Waals surface area contributed by atoms with Crippen LogP contribution < -0.4 is 15.5 Å². The SMILES string of the molecule is CC(=O)NCCCC(=O)NCCCN(C(=O)c1cccs1)c1nc(-c2cc3ccccc3o2)cs1. The van der Waals surface area contributed by atoms with Crippen LogP contribution in [0, 0.1) is 0 Å². The molecule has 3 aromatic heterocycles. The van der Waals surface area contributed by atoms with E-state index in [0.29, 0.717) is 60.4 Å². The number of nitrogens with zero attached hydrogens (tertiary/aromatic N) is 2. The van der Waals surface area contributed by atoms with E-state index in [2.05, 4.69) is 10.6 Å². The lowest BCUT2D eigenvalue weighted by Crippen LogP contribution is -2.34. The summed E-state index contributed by atoms with van der Waals surface area (Å²) < 4.78 is 5.93. The molecular formula is C25H26N4O4S2. The van der Waals surface area contributed by atoms with Crippen LogP contribution in [-0.2, 0) is 9.59 Å². The molecular weight excluding hydrogens is 484 g/mol. The number of carbonyl (C=O) groups excluding carboxylic acids is 3. The molecule has 0 aliphatic carbocycles. The minimum absolute atomic E-state index is 0.0760. The first-order valence-corrected chi connectivity index (χ1v) is 13.1. The summed E-state index contributed by atoms with van der Waals surface area (Å²) in [7, 11) is 0. The second kappa shape index (κ2) is 11.8. The zero-order valence-electron chi connectivity index (χ0n) is 19.3. The van der Waals surface area contributed by atoms with Crippen LogP contribution in [0.1, 0.15) is 35.9 Å². The number of amides is 3. The monoisotopic (exact) mass is 510 g/mol. The van der Waals surface area contributed by atoms with Crippen LogP contribution in [-0.4, -0.2) is 42.3 Å². The maximum Gasteiger partial charge on any atom is 0.270 e. The van der Waals surface area contributed by atoms with Gasteiger partial charge in [0.2, 0.25) is 11.8 Å². The van der Waals surface area contributed by atoms with Crippen molar-refractivity contribution < 1.29 is 18.8 Å². The number of anilines is 1. The van der Waals surface area contributed by atoms with Crippen LogP contribution in [0.4, 0.5) is 5.13 Å². The molecule has 0 bridgehead atoms. The molecule has 0 saturated carbocycles. The highest BCUT2D eigenvalue weighted by atomic mass is 32.1. The van der Waals surface area contributed by atoms with Crippen molar-refractivity contribution in [3.05, 3.63) is 58.1 Å². The van der Waals surface area contributed by atoms with Gasteiger partial charge in [-0.3, -0.25) is 19.3 Å². The van der Waals surface area contributed by atoms with Crippen molar-refractivity contribution in [2.45, 2.75) is 26.2 Å². The molecule has 0 aliphatic rings. The van der Waals surface area contributed by atoms with Gasteiger partial charge in [-0.2, -0.15) is 0 Å². The van der Waals surface area contributed by atoms with Gasteiger partial charge in [0.15, 0.2) is 10.9 Å². The Hall–Kier alpha value is -3.50. The molecule has 182 valence electrons. The summed E-state index contributed by atoms with van der Waals surface area (Å²) in [5.74, 6) is 0.357. The van der Waals surface area contributed by atoms with E-state index in [1.807, 2.05) is 47.2 Å². The Bertz CT molecular complexity index is 1260. The van der Waals surface area contributed by atoms with Gasteiger partial charge < -0.3 is 15.1 Å². The topological polar surface area (TPSA) is 105 Å². The Morgan fingerprint density at radius 3 is 2.63 bits per heavy atom. The molecule has 0 unspecified atom stereocenters. The third-order valence-electron chi connectivity index (χ3n) is 5.21. The Kier molecular flexibility index (Phi) is 8.27.